The lowest BCUT2D eigenvalue weighted by Gasteiger charge is -2.48. The van der Waals surface area contributed by atoms with Gasteiger partial charge in [0.2, 0.25) is 0 Å². The highest BCUT2D eigenvalue weighted by Crippen LogP contribution is 2.66. The first-order valence-electron chi connectivity index (χ1n) is 8.83. The first-order valence-corrected chi connectivity index (χ1v) is 8.83. The lowest BCUT2D eigenvalue weighted by molar-refractivity contribution is -0.0276. The van der Waals surface area contributed by atoms with Gasteiger partial charge in [0.25, 0.3) is 0 Å². The van der Waals surface area contributed by atoms with Crippen molar-refractivity contribution in [2.24, 2.45) is 11.3 Å². The van der Waals surface area contributed by atoms with Crippen molar-refractivity contribution >= 4 is 6.29 Å². The number of fused-ring (bicyclic) bond motifs is 3. The summed E-state index contributed by atoms with van der Waals surface area (Å²) in [7, 11) is 0. The Morgan fingerprint density at radius 3 is 2.29 bits per heavy atom. The van der Waals surface area contributed by atoms with Crippen LogP contribution in [0.3, 0.4) is 0 Å². The molecule has 4 nitrogen and oxygen atoms in total. The number of hydrogen-bond acceptors (Lipinski definition) is 4. The molecule has 0 saturated heterocycles. The molecule has 0 heterocycles. The van der Waals surface area contributed by atoms with Crippen LogP contribution in [0.1, 0.15) is 93.0 Å². The molecule has 0 spiro atoms. The van der Waals surface area contributed by atoms with E-state index < -0.39 is 11.5 Å². The van der Waals surface area contributed by atoms with Gasteiger partial charge in [-0.15, -0.1) is 0 Å². The van der Waals surface area contributed by atoms with Crippen LogP contribution in [-0.4, -0.2) is 21.6 Å². The zero-order valence-electron chi connectivity index (χ0n) is 15.2. The molecule has 0 amide bonds. The minimum absolute atomic E-state index is 0.0832. The van der Waals surface area contributed by atoms with Crippen LogP contribution in [0, 0.1) is 11.3 Å². The molecular weight excluding hydrogens is 304 g/mol. The Hall–Kier alpha value is -1.55. The van der Waals surface area contributed by atoms with Crippen LogP contribution in [-0.2, 0) is 5.41 Å². The van der Waals surface area contributed by atoms with Gasteiger partial charge < -0.3 is 15.3 Å². The number of phenols is 2. The summed E-state index contributed by atoms with van der Waals surface area (Å²) < 4.78 is 0. The molecule has 3 N–H and O–H groups in total. The largest absolute Gasteiger partial charge is 0.504 e. The van der Waals surface area contributed by atoms with Crippen molar-refractivity contribution in [1.29, 1.82) is 0 Å². The molecule has 0 radical (unpaired) electrons. The number of aldehydes is 1. The van der Waals surface area contributed by atoms with E-state index in [4.69, 9.17) is 0 Å². The second-order valence-corrected chi connectivity index (χ2v) is 8.77. The number of phenolic OH excluding ortho intramolecular Hbond substituents is 2. The van der Waals surface area contributed by atoms with E-state index in [1.165, 1.54) is 0 Å². The predicted molar refractivity (Wildman–Crippen MR) is 92.7 cm³/mol. The summed E-state index contributed by atoms with van der Waals surface area (Å²) in [6.07, 6.45) is 2.75. The average molecular weight is 332 g/mol. The molecule has 132 valence electrons. The molecule has 1 aromatic rings. The van der Waals surface area contributed by atoms with E-state index in [1.807, 2.05) is 13.8 Å². The molecule has 0 unspecified atom stereocenters. The number of aromatic hydroxyl groups is 2. The van der Waals surface area contributed by atoms with E-state index >= 15 is 0 Å². The van der Waals surface area contributed by atoms with Crippen LogP contribution in [0.2, 0.25) is 0 Å². The van der Waals surface area contributed by atoms with Gasteiger partial charge in [0.1, 0.15) is 0 Å². The molecule has 3 rings (SSSR count). The zero-order chi connectivity index (χ0) is 18.0. The molecule has 1 saturated carbocycles. The van der Waals surface area contributed by atoms with Gasteiger partial charge in [-0.1, -0.05) is 41.0 Å². The molecule has 1 fully saturated rings. The topological polar surface area (TPSA) is 77.8 Å². The van der Waals surface area contributed by atoms with Crippen molar-refractivity contribution in [3.63, 3.8) is 0 Å². The third-order valence-corrected chi connectivity index (χ3v) is 6.49. The van der Waals surface area contributed by atoms with E-state index in [9.17, 15) is 20.1 Å². The molecule has 4 heteroatoms. The van der Waals surface area contributed by atoms with Crippen molar-refractivity contribution in [3.8, 4) is 11.5 Å². The van der Waals surface area contributed by atoms with Gasteiger partial charge in [0.05, 0.1) is 6.10 Å². The Morgan fingerprint density at radius 2 is 1.75 bits per heavy atom. The molecule has 0 aromatic heterocycles. The van der Waals surface area contributed by atoms with Crippen LogP contribution in [0.4, 0.5) is 0 Å². The van der Waals surface area contributed by atoms with Gasteiger partial charge in [-0.2, -0.15) is 0 Å². The van der Waals surface area contributed by atoms with E-state index in [0.29, 0.717) is 22.3 Å². The van der Waals surface area contributed by atoms with Gasteiger partial charge in [0.15, 0.2) is 17.8 Å². The second-order valence-electron chi connectivity index (χ2n) is 8.77. The third-order valence-electron chi connectivity index (χ3n) is 6.49. The SMILES string of the molecule is CC(C)c1c(O)c(O)c2c(c1C=O)[C@H](O)[C@@H]1C(C)(C)CCC[C@]21C. The van der Waals surface area contributed by atoms with E-state index in [0.717, 1.165) is 25.5 Å². The fourth-order valence-corrected chi connectivity index (χ4v) is 5.69. The molecule has 2 aliphatic carbocycles. The third kappa shape index (κ3) is 1.98. The zero-order valence-corrected chi connectivity index (χ0v) is 15.2. The minimum atomic E-state index is -0.801. The van der Waals surface area contributed by atoms with E-state index in [-0.39, 0.29) is 28.7 Å². The molecule has 2 aliphatic rings. The van der Waals surface area contributed by atoms with Crippen LogP contribution in [0.5, 0.6) is 11.5 Å². The first-order chi connectivity index (χ1) is 11.1. The van der Waals surface area contributed by atoms with Crippen molar-refractivity contribution in [1.82, 2.24) is 0 Å². The number of benzene rings is 1. The Morgan fingerprint density at radius 1 is 1.12 bits per heavy atom. The maximum absolute atomic E-state index is 11.9. The summed E-state index contributed by atoms with van der Waals surface area (Å²) in [6, 6.07) is 0. The lowest BCUT2D eigenvalue weighted by atomic mass is 9.56. The summed E-state index contributed by atoms with van der Waals surface area (Å²) in [5, 5.41) is 32.5. The van der Waals surface area contributed by atoms with Gasteiger partial charge in [-0.05, 0) is 29.7 Å². The minimum Gasteiger partial charge on any atom is -0.504 e. The number of hydrogen-bond donors (Lipinski definition) is 3. The highest BCUT2D eigenvalue weighted by atomic mass is 16.3. The summed E-state index contributed by atoms with van der Waals surface area (Å²) in [5.41, 5.74) is 1.36. The van der Waals surface area contributed by atoms with Gasteiger partial charge >= 0.3 is 0 Å². The highest BCUT2D eigenvalue weighted by molar-refractivity contribution is 5.86. The fourth-order valence-electron chi connectivity index (χ4n) is 5.69. The Kier molecular flexibility index (Phi) is 3.76. The average Bonchev–Trinajstić information content (AvgIpc) is 2.71. The van der Waals surface area contributed by atoms with Gasteiger partial charge in [-0.25, -0.2) is 0 Å². The van der Waals surface area contributed by atoms with E-state index in [1.54, 1.807) is 0 Å². The monoisotopic (exact) mass is 332 g/mol. The van der Waals surface area contributed by atoms with Crippen LogP contribution in [0.25, 0.3) is 0 Å². The molecule has 0 aliphatic heterocycles. The molecule has 0 bridgehead atoms. The lowest BCUT2D eigenvalue weighted by Crippen LogP contribution is -2.43. The maximum atomic E-state index is 11.9. The fraction of sp³-hybridized carbons (Fsp3) is 0.650. The molecule has 24 heavy (non-hydrogen) atoms. The molecule has 1 aromatic carbocycles. The van der Waals surface area contributed by atoms with Crippen LogP contribution < -0.4 is 0 Å². The summed E-state index contributed by atoms with van der Waals surface area (Å²) in [4.78, 5) is 11.9. The Labute approximate surface area is 143 Å². The summed E-state index contributed by atoms with van der Waals surface area (Å²) in [6.45, 7) is 10.1. The first kappa shape index (κ1) is 17.3. The normalized spacial score (nSPS) is 31.0. The van der Waals surface area contributed by atoms with Crippen molar-refractivity contribution < 1.29 is 20.1 Å². The van der Waals surface area contributed by atoms with Crippen LogP contribution >= 0.6 is 0 Å². The summed E-state index contributed by atoms with van der Waals surface area (Å²) >= 11 is 0. The standard InChI is InChI=1S/C20H28O4/c1-10(2)12-11(9-21)13-14(17(24)15(12)22)20(5)8-6-7-19(3,4)18(20)16(13)23/h9-10,16,18,22-24H,6-8H2,1-5H3/t16-,18+,20+/m0/s1. The van der Waals surface area contributed by atoms with Crippen molar-refractivity contribution in [3.05, 3.63) is 22.3 Å². The second kappa shape index (κ2) is 5.22. The summed E-state index contributed by atoms with van der Waals surface area (Å²) in [5.74, 6) is -0.568. The Balaban J connectivity index is 2.40. The molecular formula is C20H28O4. The number of carbonyl (C=O) groups is 1. The van der Waals surface area contributed by atoms with Crippen LogP contribution in [0.15, 0.2) is 0 Å². The van der Waals surface area contributed by atoms with Crippen molar-refractivity contribution in [2.45, 2.75) is 71.3 Å². The molecule has 3 atom stereocenters. The quantitative estimate of drug-likeness (QED) is 0.561. The predicted octanol–water partition coefficient (Wildman–Crippen LogP) is 4.16. The number of carbonyl (C=O) groups excluding carboxylic acids is 1. The number of aliphatic hydroxyl groups is 1. The number of aliphatic hydroxyl groups excluding tert-OH is 1. The number of rotatable bonds is 2. The van der Waals surface area contributed by atoms with Gasteiger partial charge in [-0.3, -0.25) is 4.79 Å². The highest BCUT2D eigenvalue weighted by Gasteiger charge is 2.59. The maximum Gasteiger partial charge on any atom is 0.162 e. The van der Waals surface area contributed by atoms with Gasteiger partial charge in [0, 0.05) is 28.0 Å². The Bertz CT molecular complexity index is 704. The van der Waals surface area contributed by atoms with Crippen molar-refractivity contribution in [2.75, 3.05) is 0 Å². The van der Waals surface area contributed by atoms with E-state index in [2.05, 4.69) is 20.8 Å². The smallest absolute Gasteiger partial charge is 0.162 e.